The fourth-order valence-electron chi connectivity index (χ4n) is 2.66. The molecule has 6 heteroatoms. The fraction of sp³-hybridized carbons (Fsp3) is 0.412. The molecule has 1 aromatic carbocycles. The van der Waals surface area contributed by atoms with Gasteiger partial charge in [-0.3, -0.25) is 4.99 Å². The fourth-order valence-corrected chi connectivity index (χ4v) is 3.86. The molecule has 0 aliphatic carbocycles. The Hall–Kier alpha value is -1.95. The second-order valence-corrected chi connectivity index (χ2v) is 6.99. The van der Waals surface area contributed by atoms with Crippen LogP contribution in [0.2, 0.25) is 0 Å². The zero-order valence-electron chi connectivity index (χ0n) is 13.4. The van der Waals surface area contributed by atoms with E-state index in [0.29, 0.717) is 0 Å². The maximum absolute atomic E-state index is 4.31. The van der Waals surface area contributed by atoms with Crippen LogP contribution in [0.5, 0.6) is 0 Å². The molecule has 1 saturated heterocycles. The molecule has 0 spiro atoms. The topological polar surface area (TPSA) is 54.2 Å². The molecule has 1 aliphatic rings. The summed E-state index contributed by atoms with van der Waals surface area (Å²) in [5, 5.41) is 7.53. The van der Waals surface area contributed by atoms with Crippen molar-refractivity contribution in [3.05, 3.63) is 48.5 Å². The molecule has 1 fully saturated rings. The van der Waals surface area contributed by atoms with E-state index in [9.17, 15) is 0 Å². The first-order valence-corrected chi connectivity index (χ1v) is 9.03. The van der Waals surface area contributed by atoms with Gasteiger partial charge in [0.2, 0.25) is 0 Å². The molecule has 3 rings (SSSR count). The summed E-state index contributed by atoms with van der Waals surface area (Å²) in [5.74, 6) is 2.16. The van der Waals surface area contributed by atoms with Crippen LogP contribution in [0.1, 0.15) is 18.4 Å². The third kappa shape index (κ3) is 4.51. The zero-order valence-corrected chi connectivity index (χ0v) is 14.2. The molecule has 2 N–H and O–H groups in total. The van der Waals surface area contributed by atoms with Crippen molar-refractivity contribution in [2.24, 2.45) is 4.99 Å². The first-order chi connectivity index (χ1) is 11.3. The molecule has 1 aromatic heterocycles. The lowest BCUT2D eigenvalue weighted by Gasteiger charge is -2.15. The number of hydrogen-bond donors (Lipinski definition) is 2. The normalized spacial score (nSPS) is 18.1. The second kappa shape index (κ2) is 8.06. The van der Waals surface area contributed by atoms with Gasteiger partial charge in [0.05, 0.1) is 6.33 Å². The molecule has 1 atom stereocenters. The SMILES string of the molecule is CN=C(NCc1cccc(-n2ccnc2)c1)NCC1CCCS1. The molecule has 1 unspecified atom stereocenters. The maximum Gasteiger partial charge on any atom is 0.191 e. The highest BCUT2D eigenvalue weighted by Gasteiger charge is 2.15. The van der Waals surface area contributed by atoms with Gasteiger partial charge in [0, 0.05) is 43.5 Å². The van der Waals surface area contributed by atoms with Gasteiger partial charge in [-0.1, -0.05) is 12.1 Å². The van der Waals surface area contributed by atoms with E-state index in [-0.39, 0.29) is 0 Å². The Morgan fingerprint density at radius 2 is 2.39 bits per heavy atom. The molecule has 1 aliphatic heterocycles. The maximum atomic E-state index is 4.31. The number of aliphatic imine (C=N–C) groups is 1. The molecule has 0 bridgehead atoms. The lowest BCUT2D eigenvalue weighted by molar-refractivity contribution is 0.726. The summed E-state index contributed by atoms with van der Waals surface area (Å²) in [6, 6.07) is 8.43. The predicted octanol–water partition coefficient (Wildman–Crippen LogP) is 2.43. The van der Waals surface area contributed by atoms with E-state index in [1.54, 1.807) is 6.20 Å². The van der Waals surface area contributed by atoms with Crippen LogP contribution in [0, 0.1) is 0 Å². The van der Waals surface area contributed by atoms with Gasteiger partial charge >= 0.3 is 0 Å². The largest absolute Gasteiger partial charge is 0.355 e. The lowest BCUT2D eigenvalue weighted by atomic mass is 10.2. The Balaban J connectivity index is 1.53. The van der Waals surface area contributed by atoms with E-state index in [0.717, 1.165) is 30.0 Å². The Kier molecular flexibility index (Phi) is 5.58. The molecule has 0 amide bonds. The van der Waals surface area contributed by atoms with Gasteiger partial charge in [-0.15, -0.1) is 0 Å². The van der Waals surface area contributed by atoms with E-state index in [1.165, 1.54) is 24.2 Å². The first-order valence-electron chi connectivity index (χ1n) is 7.98. The Bertz CT molecular complexity index is 632. The standard InChI is InChI=1S/C17H23N5S/c1-18-17(21-12-16-6-3-9-23-16)20-11-14-4-2-5-15(10-14)22-8-7-19-13-22/h2,4-5,7-8,10,13,16H,3,6,9,11-12H2,1H3,(H2,18,20,21). The number of hydrogen-bond acceptors (Lipinski definition) is 3. The summed E-state index contributed by atoms with van der Waals surface area (Å²) in [7, 11) is 1.82. The van der Waals surface area contributed by atoms with Crippen molar-refractivity contribution in [2.45, 2.75) is 24.6 Å². The molecular formula is C17H23N5S. The van der Waals surface area contributed by atoms with Crippen molar-refractivity contribution in [3.8, 4) is 5.69 Å². The van der Waals surface area contributed by atoms with E-state index >= 15 is 0 Å². The summed E-state index contributed by atoms with van der Waals surface area (Å²) in [4.78, 5) is 8.40. The summed E-state index contributed by atoms with van der Waals surface area (Å²) in [6.45, 7) is 1.74. The summed E-state index contributed by atoms with van der Waals surface area (Å²) in [5.41, 5.74) is 2.33. The summed E-state index contributed by atoms with van der Waals surface area (Å²) in [6.07, 6.45) is 8.20. The Labute approximate surface area is 141 Å². The van der Waals surface area contributed by atoms with Gasteiger partial charge < -0.3 is 15.2 Å². The van der Waals surface area contributed by atoms with Crippen LogP contribution in [0.15, 0.2) is 48.0 Å². The van der Waals surface area contributed by atoms with Gasteiger partial charge in [0.1, 0.15) is 0 Å². The van der Waals surface area contributed by atoms with Gasteiger partial charge in [-0.05, 0) is 36.3 Å². The van der Waals surface area contributed by atoms with Crippen molar-refractivity contribution >= 4 is 17.7 Å². The second-order valence-electron chi connectivity index (χ2n) is 5.58. The number of thioether (sulfide) groups is 1. The van der Waals surface area contributed by atoms with E-state index in [4.69, 9.17) is 0 Å². The first kappa shape index (κ1) is 15.9. The molecular weight excluding hydrogens is 306 g/mol. The highest BCUT2D eigenvalue weighted by molar-refractivity contribution is 8.00. The minimum Gasteiger partial charge on any atom is -0.355 e. The van der Waals surface area contributed by atoms with Crippen molar-refractivity contribution < 1.29 is 0 Å². The number of benzene rings is 1. The van der Waals surface area contributed by atoms with Crippen LogP contribution in [-0.2, 0) is 6.54 Å². The highest BCUT2D eigenvalue weighted by Crippen LogP contribution is 2.25. The van der Waals surface area contributed by atoms with Crippen molar-refractivity contribution in [1.82, 2.24) is 20.2 Å². The van der Waals surface area contributed by atoms with Crippen molar-refractivity contribution in [2.75, 3.05) is 19.3 Å². The molecule has 2 heterocycles. The third-order valence-corrected chi connectivity index (χ3v) is 5.32. The number of nitrogens with one attached hydrogen (secondary N) is 2. The van der Waals surface area contributed by atoms with Crippen LogP contribution >= 0.6 is 11.8 Å². The van der Waals surface area contributed by atoms with Crippen LogP contribution < -0.4 is 10.6 Å². The monoisotopic (exact) mass is 329 g/mol. The summed E-state index contributed by atoms with van der Waals surface area (Å²) >= 11 is 2.06. The number of guanidine groups is 1. The number of nitrogens with zero attached hydrogens (tertiary/aromatic N) is 3. The minimum absolute atomic E-state index is 0.720. The van der Waals surface area contributed by atoms with Crippen molar-refractivity contribution in [3.63, 3.8) is 0 Å². The zero-order chi connectivity index (χ0) is 15.9. The molecule has 23 heavy (non-hydrogen) atoms. The minimum atomic E-state index is 0.720. The van der Waals surface area contributed by atoms with E-state index in [2.05, 4.69) is 56.6 Å². The van der Waals surface area contributed by atoms with Crippen LogP contribution in [0.4, 0.5) is 0 Å². The van der Waals surface area contributed by atoms with Crippen LogP contribution in [0.25, 0.3) is 5.69 Å². The number of rotatable bonds is 5. The number of aromatic nitrogens is 2. The molecule has 122 valence electrons. The molecule has 5 nitrogen and oxygen atoms in total. The summed E-state index contributed by atoms with van der Waals surface area (Å²) < 4.78 is 2.01. The molecule has 0 saturated carbocycles. The van der Waals surface area contributed by atoms with Gasteiger partial charge in [0.15, 0.2) is 5.96 Å². The van der Waals surface area contributed by atoms with E-state index in [1.807, 2.05) is 24.1 Å². The third-order valence-electron chi connectivity index (χ3n) is 3.92. The van der Waals surface area contributed by atoms with Gasteiger partial charge in [0.25, 0.3) is 0 Å². The molecule has 2 aromatic rings. The lowest BCUT2D eigenvalue weighted by Crippen LogP contribution is -2.39. The number of imidazole rings is 1. The van der Waals surface area contributed by atoms with Gasteiger partial charge in [-0.25, -0.2) is 4.98 Å². The quantitative estimate of drug-likeness (QED) is 0.653. The van der Waals surface area contributed by atoms with Crippen molar-refractivity contribution in [1.29, 1.82) is 0 Å². The smallest absolute Gasteiger partial charge is 0.191 e. The van der Waals surface area contributed by atoms with Crippen LogP contribution in [0.3, 0.4) is 0 Å². The molecule has 0 radical (unpaired) electrons. The van der Waals surface area contributed by atoms with Crippen LogP contribution in [-0.4, -0.2) is 40.1 Å². The van der Waals surface area contributed by atoms with E-state index < -0.39 is 0 Å². The average Bonchev–Trinajstić information content (AvgIpc) is 3.29. The Morgan fingerprint density at radius 1 is 1.43 bits per heavy atom. The average molecular weight is 329 g/mol. The predicted molar refractivity (Wildman–Crippen MR) is 97.2 cm³/mol. The highest BCUT2D eigenvalue weighted by atomic mass is 32.2. The van der Waals surface area contributed by atoms with Gasteiger partial charge in [-0.2, -0.15) is 11.8 Å². The Morgan fingerprint density at radius 3 is 3.13 bits per heavy atom.